The van der Waals surface area contributed by atoms with Crippen LogP contribution >= 0.6 is 0 Å². The Bertz CT molecular complexity index is 1650. The number of ether oxygens (including phenoxy) is 1. The van der Waals surface area contributed by atoms with Crippen molar-refractivity contribution in [2.45, 2.75) is 57.1 Å². The molecule has 8 nitrogen and oxygen atoms in total. The zero-order valence-corrected chi connectivity index (χ0v) is 26.4. The maximum atomic E-state index is 14.2. The highest BCUT2D eigenvalue weighted by Gasteiger charge is 2.34. The topological polar surface area (TPSA) is 96.0 Å². The van der Waals surface area contributed by atoms with Crippen LogP contribution in [-0.4, -0.2) is 43.8 Å². The molecular weight excluding hydrogens is 593 g/mol. The smallest absolute Gasteiger partial charge is 0.264 e. The zero-order valence-electron chi connectivity index (χ0n) is 25.6. The number of nitrogens with zero attached hydrogens (tertiary/aromatic N) is 2. The first-order valence-corrected chi connectivity index (χ1v) is 16.3. The summed E-state index contributed by atoms with van der Waals surface area (Å²) in [5.41, 5.74) is 0.839. The summed E-state index contributed by atoms with van der Waals surface area (Å²) in [6, 6.07) is 28.0. The normalized spacial score (nSPS) is 12.5. The fraction of sp³-hybridized carbons (Fsp3) is 0.257. The molecule has 0 aliphatic heterocycles. The van der Waals surface area contributed by atoms with Crippen molar-refractivity contribution < 1.29 is 27.1 Å². The zero-order chi connectivity index (χ0) is 32.4. The molecule has 45 heavy (non-hydrogen) atoms. The fourth-order valence-corrected chi connectivity index (χ4v) is 6.14. The molecule has 10 heteroatoms. The van der Waals surface area contributed by atoms with Crippen LogP contribution in [0, 0.1) is 5.82 Å². The molecule has 1 N–H and O–H groups in total. The van der Waals surface area contributed by atoms with Gasteiger partial charge in [0.05, 0.1) is 10.6 Å². The van der Waals surface area contributed by atoms with Crippen molar-refractivity contribution in [2.75, 3.05) is 10.8 Å². The van der Waals surface area contributed by atoms with E-state index in [1.54, 1.807) is 73.7 Å². The lowest BCUT2D eigenvalue weighted by Crippen LogP contribution is -2.53. The summed E-state index contributed by atoms with van der Waals surface area (Å²) >= 11 is 0. The van der Waals surface area contributed by atoms with E-state index in [0.29, 0.717) is 23.5 Å². The van der Waals surface area contributed by atoms with Gasteiger partial charge in [0, 0.05) is 12.6 Å². The molecule has 0 radical (unpaired) electrons. The standard InChI is InChI=1S/C35H38FN3O5S/c1-4-26(3)37-35(41)33(5-2)38(24-27-16-18-28(36)19-17-27)34(40)25-39(45(42,43)32-14-10-7-11-15-32)29-20-22-31(23-21-29)44-30-12-8-6-9-13-30/h6-23,26,33H,4-5,24-25H2,1-3H3,(H,37,41)/t26-,33+/m0/s1. The van der Waals surface area contributed by atoms with Crippen molar-refractivity contribution in [3.8, 4) is 11.5 Å². The minimum atomic E-state index is -4.21. The van der Waals surface area contributed by atoms with Gasteiger partial charge in [0.25, 0.3) is 10.0 Å². The summed E-state index contributed by atoms with van der Waals surface area (Å²) in [7, 11) is -4.21. The molecule has 0 spiro atoms. The molecular formula is C35H38FN3O5S. The van der Waals surface area contributed by atoms with E-state index in [0.717, 1.165) is 4.31 Å². The molecule has 4 aromatic rings. The highest BCUT2D eigenvalue weighted by molar-refractivity contribution is 7.92. The van der Waals surface area contributed by atoms with Gasteiger partial charge in [-0.05, 0) is 86.0 Å². The Morgan fingerprint density at radius 1 is 0.800 bits per heavy atom. The third-order valence-electron chi connectivity index (χ3n) is 7.37. The van der Waals surface area contributed by atoms with Crippen LogP contribution in [0.25, 0.3) is 0 Å². The third-order valence-corrected chi connectivity index (χ3v) is 9.15. The lowest BCUT2D eigenvalue weighted by molar-refractivity contribution is -0.140. The number of sulfonamides is 1. The predicted octanol–water partition coefficient (Wildman–Crippen LogP) is 6.54. The maximum absolute atomic E-state index is 14.2. The minimum Gasteiger partial charge on any atom is -0.457 e. The van der Waals surface area contributed by atoms with E-state index in [9.17, 15) is 22.4 Å². The van der Waals surface area contributed by atoms with Gasteiger partial charge in [-0.1, -0.05) is 62.4 Å². The van der Waals surface area contributed by atoms with Crippen LogP contribution in [0.3, 0.4) is 0 Å². The van der Waals surface area contributed by atoms with Gasteiger partial charge in [0.2, 0.25) is 11.8 Å². The van der Waals surface area contributed by atoms with Crippen molar-refractivity contribution >= 4 is 27.5 Å². The highest BCUT2D eigenvalue weighted by Crippen LogP contribution is 2.28. The lowest BCUT2D eigenvalue weighted by atomic mass is 10.1. The molecule has 4 aromatic carbocycles. The van der Waals surface area contributed by atoms with Gasteiger partial charge in [-0.25, -0.2) is 12.8 Å². The number of para-hydroxylation sites is 1. The van der Waals surface area contributed by atoms with Crippen LogP contribution in [0.4, 0.5) is 10.1 Å². The Balaban J connectivity index is 1.71. The first kappa shape index (κ1) is 33.2. The summed E-state index contributed by atoms with van der Waals surface area (Å²) < 4.78 is 48.7. The van der Waals surface area contributed by atoms with E-state index in [1.807, 2.05) is 32.0 Å². The predicted molar refractivity (Wildman–Crippen MR) is 173 cm³/mol. The number of halogens is 1. The van der Waals surface area contributed by atoms with Crippen molar-refractivity contribution in [3.63, 3.8) is 0 Å². The quantitative estimate of drug-likeness (QED) is 0.171. The van der Waals surface area contributed by atoms with Crippen LogP contribution in [0.1, 0.15) is 39.2 Å². The van der Waals surface area contributed by atoms with Crippen LogP contribution in [0.5, 0.6) is 11.5 Å². The molecule has 0 aliphatic carbocycles. The van der Waals surface area contributed by atoms with Crippen molar-refractivity contribution in [2.24, 2.45) is 0 Å². The Hall–Kier alpha value is -4.70. The molecule has 0 aromatic heterocycles. The maximum Gasteiger partial charge on any atom is 0.264 e. The Morgan fingerprint density at radius 2 is 1.38 bits per heavy atom. The first-order valence-electron chi connectivity index (χ1n) is 14.9. The van der Waals surface area contributed by atoms with Gasteiger partial charge in [-0.2, -0.15) is 0 Å². The van der Waals surface area contributed by atoms with E-state index in [1.165, 1.54) is 29.2 Å². The number of hydrogen-bond acceptors (Lipinski definition) is 5. The van der Waals surface area contributed by atoms with E-state index >= 15 is 0 Å². The molecule has 2 atom stereocenters. The summed E-state index contributed by atoms with van der Waals surface area (Å²) in [6.45, 7) is 5.00. The second-order valence-electron chi connectivity index (χ2n) is 10.6. The van der Waals surface area contributed by atoms with Crippen LogP contribution in [0.15, 0.2) is 114 Å². The van der Waals surface area contributed by atoms with E-state index in [4.69, 9.17) is 4.74 Å². The van der Waals surface area contributed by atoms with E-state index < -0.39 is 34.3 Å². The van der Waals surface area contributed by atoms with E-state index in [2.05, 4.69) is 5.32 Å². The van der Waals surface area contributed by atoms with Gasteiger partial charge >= 0.3 is 0 Å². The Kier molecular flexibility index (Phi) is 11.3. The number of anilines is 1. The van der Waals surface area contributed by atoms with Crippen molar-refractivity contribution in [1.29, 1.82) is 0 Å². The fourth-order valence-electron chi connectivity index (χ4n) is 4.70. The van der Waals surface area contributed by atoms with Gasteiger partial charge in [-0.3, -0.25) is 13.9 Å². The lowest BCUT2D eigenvalue weighted by Gasteiger charge is -2.33. The molecule has 0 aliphatic rings. The molecule has 236 valence electrons. The molecule has 0 fully saturated rings. The minimum absolute atomic E-state index is 0.00838. The SMILES string of the molecule is CC[C@H](C(=O)N[C@@H](C)CC)N(Cc1ccc(F)cc1)C(=O)CN(c1ccc(Oc2ccccc2)cc1)S(=O)(=O)c1ccccc1. The number of carbonyl (C=O) groups excluding carboxylic acids is 2. The van der Waals surface area contributed by atoms with Crippen molar-refractivity contribution in [3.05, 3.63) is 121 Å². The average Bonchev–Trinajstić information content (AvgIpc) is 3.05. The van der Waals surface area contributed by atoms with Gasteiger partial charge in [0.1, 0.15) is 29.9 Å². The van der Waals surface area contributed by atoms with E-state index in [-0.39, 0.29) is 35.5 Å². The molecule has 4 rings (SSSR count). The first-order chi connectivity index (χ1) is 21.6. The second kappa shape index (κ2) is 15.3. The number of amides is 2. The number of rotatable bonds is 14. The van der Waals surface area contributed by atoms with Gasteiger partial charge in [-0.15, -0.1) is 0 Å². The summed E-state index contributed by atoms with van der Waals surface area (Å²) in [4.78, 5) is 28.9. The van der Waals surface area contributed by atoms with Crippen LogP contribution in [0.2, 0.25) is 0 Å². The number of hydrogen-bond donors (Lipinski definition) is 1. The largest absolute Gasteiger partial charge is 0.457 e. The number of carbonyl (C=O) groups is 2. The average molecular weight is 632 g/mol. The molecule has 0 unspecified atom stereocenters. The highest BCUT2D eigenvalue weighted by atomic mass is 32.2. The van der Waals surface area contributed by atoms with Crippen LogP contribution in [-0.2, 0) is 26.2 Å². The molecule has 0 saturated carbocycles. The summed E-state index contributed by atoms with van der Waals surface area (Å²) in [5, 5.41) is 2.94. The van der Waals surface area contributed by atoms with Crippen LogP contribution < -0.4 is 14.4 Å². The Morgan fingerprint density at radius 3 is 1.96 bits per heavy atom. The molecule has 0 saturated heterocycles. The molecule has 0 bridgehead atoms. The number of benzene rings is 4. The monoisotopic (exact) mass is 631 g/mol. The number of nitrogens with one attached hydrogen (secondary N) is 1. The molecule has 2 amide bonds. The molecule has 0 heterocycles. The summed E-state index contributed by atoms with van der Waals surface area (Å²) in [5.74, 6) is -0.263. The van der Waals surface area contributed by atoms with Crippen molar-refractivity contribution in [1.82, 2.24) is 10.2 Å². The van der Waals surface area contributed by atoms with Gasteiger partial charge in [0.15, 0.2) is 0 Å². The van der Waals surface area contributed by atoms with Gasteiger partial charge < -0.3 is 15.0 Å². The Labute approximate surface area is 264 Å². The third kappa shape index (κ3) is 8.69. The second-order valence-corrected chi connectivity index (χ2v) is 12.5. The summed E-state index contributed by atoms with van der Waals surface area (Å²) in [6.07, 6.45) is 0.979.